The van der Waals surface area contributed by atoms with Crippen LogP contribution in [0.3, 0.4) is 0 Å². The molecule has 0 radical (unpaired) electrons. The molecule has 1 rings (SSSR count). The van der Waals surface area contributed by atoms with Crippen molar-refractivity contribution in [3.8, 4) is 0 Å². The summed E-state index contributed by atoms with van der Waals surface area (Å²) < 4.78 is 1.91. The van der Waals surface area contributed by atoms with Crippen LogP contribution in [-0.2, 0) is 12.1 Å². The first-order chi connectivity index (χ1) is 6.68. The highest BCUT2D eigenvalue weighted by molar-refractivity contribution is 5.11. The Bertz CT molecular complexity index is 277. The van der Waals surface area contributed by atoms with Gasteiger partial charge in [0.1, 0.15) is 5.60 Å². The largest absolute Gasteiger partial charge is 0.384 e. The van der Waals surface area contributed by atoms with E-state index in [0.29, 0.717) is 0 Å². The summed E-state index contributed by atoms with van der Waals surface area (Å²) in [4.78, 5) is 0. The van der Waals surface area contributed by atoms with Gasteiger partial charge in [0.15, 0.2) is 0 Å². The number of nitrogens with zero attached hydrogens (tertiary/aromatic N) is 2. The topological polar surface area (TPSA) is 38.0 Å². The molecule has 0 aliphatic rings. The smallest absolute Gasteiger partial charge is 0.106 e. The molecule has 1 heterocycles. The van der Waals surface area contributed by atoms with Gasteiger partial charge < -0.3 is 5.11 Å². The first kappa shape index (κ1) is 11.2. The molecule has 80 valence electrons. The van der Waals surface area contributed by atoms with Crippen molar-refractivity contribution in [3.63, 3.8) is 0 Å². The molecule has 0 atom stereocenters. The van der Waals surface area contributed by atoms with Gasteiger partial charge in [-0.15, -0.1) is 0 Å². The Labute approximate surface area is 85.8 Å². The molecule has 0 bridgehead atoms. The third kappa shape index (κ3) is 1.98. The van der Waals surface area contributed by atoms with Crippen LogP contribution in [0.1, 0.15) is 45.7 Å². The van der Waals surface area contributed by atoms with Gasteiger partial charge in [0.05, 0.1) is 5.69 Å². The maximum atomic E-state index is 10.3. The van der Waals surface area contributed by atoms with Crippen LogP contribution in [0.4, 0.5) is 0 Å². The van der Waals surface area contributed by atoms with Gasteiger partial charge in [-0.2, -0.15) is 5.10 Å². The van der Waals surface area contributed by atoms with Gasteiger partial charge in [-0.05, 0) is 25.3 Å². The van der Waals surface area contributed by atoms with Crippen molar-refractivity contribution in [2.45, 2.75) is 52.2 Å². The highest BCUT2D eigenvalue weighted by Gasteiger charge is 2.28. The molecule has 0 unspecified atom stereocenters. The van der Waals surface area contributed by atoms with E-state index in [1.807, 2.05) is 24.6 Å². The molecule has 0 amide bonds. The van der Waals surface area contributed by atoms with E-state index < -0.39 is 5.60 Å². The van der Waals surface area contributed by atoms with E-state index in [-0.39, 0.29) is 0 Å². The molecular formula is C11H20N2O. The molecular weight excluding hydrogens is 176 g/mol. The minimum atomic E-state index is -0.703. The zero-order chi connectivity index (χ0) is 10.6. The average Bonchev–Trinajstić information content (AvgIpc) is 2.66. The normalized spacial score (nSPS) is 12.0. The highest BCUT2D eigenvalue weighted by atomic mass is 16.3. The van der Waals surface area contributed by atoms with Crippen molar-refractivity contribution in [3.05, 3.63) is 18.0 Å². The lowest BCUT2D eigenvalue weighted by Crippen LogP contribution is -2.27. The third-order valence-corrected chi connectivity index (χ3v) is 2.80. The molecule has 3 heteroatoms. The quantitative estimate of drug-likeness (QED) is 0.784. The van der Waals surface area contributed by atoms with Crippen molar-refractivity contribution in [1.82, 2.24) is 9.78 Å². The molecule has 14 heavy (non-hydrogen) atoms. The number of rotatable bonds is 5. The van der Waals surface area contributed by atoms with Crippen LogP contribution in [-0.4, -0.2) is 14.9 Å². The van der Waals surface area contributed by atoms with Crippen molar-refractivity contribution in [2.75, 3.05) is 0 Å². The first-order valence-corrected chi connectivity index (χ1v) is 5.42. The number of hydrogen-bond donors (Lipinski definition) is 1. The minimum Gasteiger partial charge on any atom is -0.384 e. The van der Waals surface area contributed by atoms with E-state index in [4.69, 9.17) is 0 Å². The summed E-state index contributed by atoms with van der Waals surface area (Å²) in [5.74, 6) is 0. The summed E-state index contributed by atoms with van der Waals surface area (Å²) in [6, 6.07) is 1.92. The molecule has 1 aromatic rings. The van der Waals surface area contributed by atoms with Gasteiger partial charge in [0.2, 0.25) is 0 Å². The van der Waals surface area contributed by atoms with Crippen LogP contribution in [0.25, 0.3) is 0 Å². The summed E-state index contributed by atoms with van der Waals surface area (Å²) >= 11 is 0. The monoisotopic (exact) mass is 196 g/mol. The molecule has 0 saturated heterocycles. The second-order valence-electron chi connectivity index (χ2n) is 3.68. The number of hydrogen-bond acceptors (Lipinski definition) is 2. The maximum absolute atomic E-state index is 10.3. The summed E-state index contributed by atoms with van der Waals surface area (Å²) in [6.07, 6.45) is 4.28. The second-order valence-corrected chi connectivity index (χ2v) is 3.68. The van der Waals surface area contributed by atoms with E-state index in [2.05, 4.69) is 12.0 Å². The molecule has 1 N–H and O–H groups in total. The molecule has 1 aromatic heterocycles. The first-order valence-electron chi connectivity index (χ1n) is 5.42. The Morgan fingerprint density at radius 2 is 2.00 bits per heavy atom. The average molecular weight is 196 g/mol. The van der Waals surface area contributed by atoms with Crippen molar-refractivity contribution < 1.29 is 5.11 Å². The lowest BCUT2D eigenvalue weighted by Gasteiger charge is -2.26. The van der Waals surface area contributed by atoms with E-state index in [1.165, 1.54) is 0 Å². The molecule has 0 aliphatic heterocycles. The fourth-order valence-corrected chi connectivity index (χ4v) is 1.73. The Hall–Kier alpha value is -0.830. The van der Waals surface area contributed by atoms with Crippen molar-refractivity contribution >= 4 is 0 Å². The van der Waals surface area contributed by atoms with Gasteiger partial charge in [-0.1, -0.05) is 20.8 Å². The van der Waals surface area contributed by atoms with E-state index in [0.717, 1.165) is 31.5 Å². The van der Waals surface area contributed by atoms with Crippen LogP contribution in [0.2, 0.25) is 0 Å². The Morgan fingerprint density at radius 3 is 2.50 bits per heavy atom. The standard InChI is InChI=1S/C11H20N2O/c1-4-9-13-10(7-8-12-13)11(14,5-2)6-3/h7-8,14H,4-6,9H2,1-3H3. The zero-order valence-electron chi connectivity index (χ0n) is 9.32. The predicted molar refractivity (Wildman–Crippen MR) is 57.0 cm³/mol. The fraction of sp³-hybridized carbons (Fsp3) is 0.727. The molecule has 0 fully saturated rings. The van der Waals surface area contributed by atoms with Gasteiger partial charge >= 0.3 is 0 Å². The Morgan fingerprint density at radius 1 is 1.36 bits per heavy atom. The lowest BCUT2D eigenvalue weighted by atomic mass is 9.93. The summed E-state index contributed by atoms with van der Waals surface area (Å²) in [5, 5.41) is 14.6. The van der Waals surface area contributed by atoms with Crippen molar-refractivity contribution in [1.29, 1.82) is 0 Å². The predicted octanol–water partition coefficient (Wildman–Crippen LogP) is 2.30. The van der Waals surface area contributed by atoms with Crippen LogP contribution in [0.15, 0.2) is 12.3 Å². The summed E-state index contributed by atoms with van der Waals surface area (Å²) in [7, 11) is 0. The molecule has 3 nitrogen and oxygen atoms in total. The highest BCUT2D eigenvalue weighted by Crippen LogP contribution is 2.27. The number of aliphatic hydroxyl groups is 1. The third-order valence-electron chi connectivity index (χ3n) is 2.80. The van der Waals surface area contributed by atoms with E-state index in [1.54, 1.807) is 6.20 Å². The molecule has 0 spiro atoms. The summed E-state index contributed by atoms with van der Waals surface area (Å²) in [6.45, 7) is 7.01. The number of aromatic nitrogens is 2. The minimum absolute atomic E-state index is 0.703. The lowest BCUT2D eigenvalue weighted by molar-refractivity contribution is 0.0192. The maximum Gasteiger partial charge on any atom is 0.106 e. The van der Waals surface area contributed by atoms with Crippen LogP contribution < -0.4 is 0 Å². The molecule has 0 aliphatic carbocycles. The van der Waals surface area contributed by atoms with Gasteiger partial charge in [0, 0.05) is 12.7 Å². The van der Waals surface area contributed by atoms with Crippen LogP contribution in [0, 0.1) is 0 Å². The zero-order valence-corrected chi connectivity index (χ0v) is 9.32. The second kappa shape index (κ2) is 4.60. The van der Waals surface area contributed by atoms with Gasteiger partial charge in [0.25, 0.3) is 0 Å². The molecule has 0 aromatic carbocycles. The fourth-order valence-electron chi connectivity index (χ4n) is 1.73. The Balaban J connectivity index is 2.97. The number of aryl methyl sites for hydroxylation is 1. The SMILES string of the molecule is CCCn1nccc1C(O)(CC)CC. The van der Waals surface area contributed by atoms with E-state index >= 15 is 0 Å². The Kier molecular flexibility index (Phi) is 3.69. The van der Waals surface area contributed by atoms with Crippen LogP contribution in [0.5, 0.6) is 0 Å². The van der Waals surface area contributed by atoms with E-state index in [9.17, 15) is 5.11 Å². The summed E-state index contributed by atoms with van der Waals surface area (Å²) in [5.41, 5.74) is 0.246. The van der Waals surface area contributed by atoms with Crippen molar-refractivity contribution in [2.24, 2.45) is 0 Å². The van der Waals surface area contributed by atoms with Crippen LogP contribution >= 0.6 is 0 Å². The van der Waals surface area contributed by atoms with Gasteiger partial charge in [-0.25, -0.2) is 0 Å². The molecule has 0 saturated carbocycles. The van der Waals surface area contributed by atoms with Gasteiger partial charge in [-0.3, -0.25) is 4.68 Å².